The van der Waals surface area contributed by atoms with Gasteiger partial charge in [-0.3, -0.25) is 4.79 Å². The Morgan fingerprint density at radius 2 is 1.71 bits per heavy atom. The summed E-state index contributed by atoms with van der Waals surface area (Å²) in [6, 6.07) is 11.5. The van der Waals surface area contributed by atoms with E-state index in [0.29, 0.717) is 24.7 Å². The van der Waals surface area contributed by atoms with E-state index in [9.17, 15) is 9.18 Å². The van der Waals surface area contributed by atoms with Gasteiger partial charge in [-0.25, -0.2) is 4.39 Å². The molecule has 1 amide bonds. The molecule has 0 bridgehead atoms. The number of rotatable bonds is 8. The fraction of sp³-hybridized carbons (Fsp3) is 0.409. The molecule has 0 saturated heterocycles. The van der Waals surface area contributed by atoms with Crippen LogP contribution in [0.1, 0.15) is 38.8 Å². The summed E-state index contributed by atoms with van der Waals surface area (Å²) in [5, 5.41) is 6.16. The minimum absolute atomic E-state index is 0.0429. The summed E-state index contributed by atoms with van der Waals surface area (Å²) >= 11 is 0. The Morgan fingerprint density at radius 1 is 1.07 bits per heavy atom. The normalized spacial score (nSPS) is 12.4. The van der Waals surface area contributed by atoms with E-state index < -0.39 is 0 Å². The first-order valence-corrected chi connectivity index (χ1v) is 9.27. The molecule has 0 aliphatic heterocycles. The zero-order valence-electron chi connectivity index (χ0n) is 17.1. The molecule has 2 aromatic carbocycles. The fourth-order valence-corrected chi connectivity index (χ4v) is 2.52. The second kappa shape index (κ2) is 9.55. The Balaban J connectivity index is 1.94. The lowest BCUT2D eigenvalue weighted by Gasteiger charge is -2.23. The van der Waals surface area contributed by atoms with E-state index in [-0.39, 0.29) is 23.3 Å². The Hall–Kier alpha value is -2.60. The predicted octanol–water partition coefficient (Wildman–Crippen LogP) is 3.81. The number of methoxy groups -OCH3 is 1. The second-order valence-corrected chi connectivity index (χ2v) is 7.74. The molecule has 0 aromatic heterocycles. The smallest absolute Gasteiger partial charge is 0.237 e. The summed E-state index contributed by atoms with van der Waals surface area (Å²) in [4.78, 5) is 12.2. The van der Waals surface area contributed by atoms with Crippen molar-refractivity contribution in [1.29, 1.82) is 0 Å². The molecule has 6 heteroatoms. The standard InChI is InChI=1S/C22H29FN2O3/c1-15(21(26)25-22(2,3)4)24-13-17-8-11-19(20(12-17)27-5)28-14-16-6-9-18(23)10-7-16/h6-12,15,24H,13-14H2,1-5H3,(H,25,26). The van der Waals surface area contributed by atoms with Gasteiger partial charge in [0.1, 0.15) is 12.4 Å². The third-order valence-corrected chi connectivity index (χ3v) is 4.04. The van der Waals surface area contributed by atoms with Crippen molar-refractivity contribution < 1.29 is 18.7 Å². The summed E-state index contributed by atoms with van der Waals surface area (Å²) in [6.45, 7) is 8.53. The molecule has 2 N–H and O–H groups in total. The molecule has 0 spiro atoms. The van der Waals surface area contributed by atoms with Crippen LogP contribution in [0.5, 0.6) is 11.5 Å². The van der Waals surface area contributed by atoms with Gasteiger partial charge < -0.3 is 20.1 Å². The number of carbonyl (C=O) groups excluding carboxylic acids is 1. The van der Waals surface area contributed by atoms with Crippen LogP contribution in [0.15, 0.2) is 42.5 Å². The summed E-state index contributed by atoms with van der Waals surface area (Å²) < 4.78 is 24.2. The summed E-state index contributed by atoms with van der Waals surface area (Å²) in [5.74, 6) is 0.893. The molecular formula is C22H29FN2O3. The maximum absolute atomic E-state index is 13.0. The fourth-order valence-electron chi connectivity index (χ4n) is 2.52. The van der Waals surface area contributed by atoms with Gasteiger partial charge in [-0.1, -0.05) is 18.2 Å². The first-order valence-electron chi connectivity index (χ1n) is 9.27. The Bertz CT molecular complexity index is 785. The molecule has 0 aliphatic rings. The lowest BCUT2D eigenvalue weighted by Crippen LogP contribution is -2.49. The van der Waals surface area contributed by atoms with Crippen molar-refractivity contribution in [3.8, 4) is 11.5 Å². The summed E-state index contributed by atoms with van der Waals surface area (Å²) in [5.41, 5.74) is 1.58. The highest BCUT2D eigenvalue weighted by Crippen LogP contribution is 2.29. The maximum Gasteiger partial charge on any atom is 0.237 e. The summed E-state index contributed by atoms with van der Waals surface area (Å²) in [7, 11) is 1.58. The van der Waals surface area contributed by atoms with Crippen molar-refractivity contribution in [3.63, 3.8) is 0 Å². The van der Waals surface area contributed by atoms with Crippen LogP contribution in [0.25, 0.3) is 0 Å². The van der Waals surface area contributed by atoms with Crippen LogP contribution < -0.4 is 20.1 Å². The zero-order chi connectivity index (χ0) is 20.7. The third kappa shape index (κ3) is 6.85. The highest BCUT2D eigenvalue weighted by Gasteiger charge is 2.18. The van der Waals surface area contributed by atoms with Crippen LogP contribution in [-0.2, 0) is 17.9 Å². The van der Waals surface area contributed by atoms with Crippen LogP contribution in [0.4, 0.5) is 4.39 Å². The number of hydrogen-bond donors (Lipinski definition) is 2. The summed E-state index contributed by atoms with van der Waals surface area (Å²) in [6.07, 6.45) is 0. The van der Waals surface area contributed by atoms with Crippen molar-refractivity contribution in [2.75, 3.05) is 7.11 Å². The average molecular weight is 388 g/mol. The molecular weight excluding hydrogens is 359 g/mol. The maximum atomic E-state index is 13.0. The van der Waals surface area contributed by atoms with Gasteiger partial charge in [-0.2, -0.15) is 0 Å². The van der Waals surface area contributed by atoms with Gasteiger partial charge in [0.05, 0.1) is 13.2 Å². The highest BCUT2D eigenvalue weighted by atomic mass is 19.1. The number of hydrogen-bond acceptors (Lipinski definition) is 4. The van der Waals surface area contributed by atoms with E-state index in [1.54, 1.807) is 19.2 Å². The van der Waals surface area contributed by atoms with Gasteiger partial charge in [0.25, 0.3) is 0 Å². The van der Waals surface area contributed by atoms with E-state index >= 15 is 0 Å². The third-order valence-electron chi connectivity index (χ3n) is 4.04. The van der Waals surface area contributed by atoms with Crippen molar-refractivity contribution in [1.82, 2.24) is 10.6 Å². The van der Waals surface area contributed by atoms with Gasteiger partial charge in [-0.15, -0.1) is 0 Å². The molecule has 28 heavy (non-hydrogen) atoms. The van der Waals surface area contributed by atoms with E-state index in [0.717, 1.165) is 11.1 Å². The molecule has 0 aliphatic carbocycles. The van der Waals surface area contributed by atoms with Crippen molar-refractivity contribution in [3.05, 3.63) is 59.4 Å². The highest BCUT2D eigenvalue weighted by molar-refractivity contribution is 5.81. The number of amides is 1. The molecule has 0 radical (unpaired) electrons. The lowest BCUT2D eigenvalue weighted by atomic mass is 10.1. The van der Waals surface area contributed by atoms with Gasteiger partial charge in [0.2, 0.25) is 5.91 Å². The molecule has 5 nitrogen and oxygen atoms in total. The molecule has 2 aromatic rings. The SMILES string of the molecule is COc1cc(CNC(C)C(=O)NC(C)(C)C)ccc1OCc1ccc(F)cc1. The zero-order valence-corrected chi connectivity index (χ0v) is 17.1. The van der Waals surface area contributed by atoms with Gasteiger partial charge in [0, 0.05) is 12.1 Å². The first kappa shape index (κ1) is 21.7. The molecule has 0 fully saturated rings. The van der Waals surface area contributed by atoms with Crippen LogP contribution in [0, 0.1) is 5.82 Å². The van der Waals surface area contributed by atoms with Crippen LogP contribution in [-0.4, -0.2) is 24.6 Å². The number of nitrogens with one attached hydrogen (secondary N) is 2. The van der Waals surface area contributed by atoms with E-state index in [2.05, 4.69) is 10.6 Å². The largest absolute Gasteiger partial charge is 0.493 e. The molecule has 152 valence electrons. The van der Waals surface area contributed by atoms with Gasteiger partial charge in [-0.05, 0) is 63.1 Å². The number of halogens is 1. The minimum Gasteiger partial charge on any atom is -0.493 e. The molecule has 1 atom stereocenters. The van der Waals surface area contributed by atoms with Crippen molar-refractivity contribution in [2.24, 2.45) is 0 Å². The van der Waals surface area contributed by atoms with Crippen molar-refractivity contribution >= 4 is 5.91 Å². The monoisotopic (exact) mass is 388 g/mol. The topological polar surface area (TPSA) is 59.6 Å². The van der Waals surface area contributed by atoms with Gasteiger partial charge in [0.15, 0.2) is 11.5 Å². The van der Waals surface area contributed by atoms with Crippen LogP contribution in [0.2, 0.25) is 0 Å². The number of carbonyl (C=O) groups is 1. The molecule has 0 heterocycles. The minimum atomic E-state index is -0.320. The Labute approximate surface area is 166 Å². The molecule has 2 rings (SSSR count). The first-order chi connectivity index (χ1) is 13.2. The van der Waals surface area contributed by atoms with E-state index in [1.165, 1.54) is 12.1 Å². The number of benzene rings is 2. The molecule has 0 saturated carbocycles. The average Bonchev–Trinajstić information content (AvgIpc) is 2.64. The predicted molar refractivity (Wildman–Crippen MR) is 108 cm³/mol. The second-order valence-electron chi connectivity index (χ2n) is 7.74. The van der Waals surface area contributed by atoms with Crippen LogP contribution in [0.3, 0.4) is 0 Å². The van der Waals surface area contributed by atoms with Crippen LogP contribution >= 0.6 is 0 Å². The van der Waals surface area contributed by atoms with Gasteiger partial charge >= 0.3 is 0 Å². The Morgan fingerprint density at radius 3 is 2.32 bits per heavy atom. The number of ether oxygens (including phenoxy) is 2. The quantitative estimate of drug-likeness (QED) is 0.722. The van der Waals surface area contributed by atoms with E-state index in [4.69, 9.17) is 9.47 Å². The lowest BCUT2D eigenvalue weighted by molar-refractivity contribution is -0.124. The van der Waals surface area contributed by atoms with Crippen molar-refractivity contribution in [2.45, 2.75) is 52.4 Å². The molecule has 1 unspecified atom stereocenters. The Kier molecular flexibility index (Phi) is 7.40. The van der Waals surface area contributed by atoms with E-state index in [1.807, 2.05) is 45.9 Å².